The van der Waals surface area contributed by atoms with Crippen LogP contribution in [0, 0.1) is 16.0 Å². The van der Waals surface area contributed by atoms with Crippen molar-refractivity contribution in [2.24, 2.45) is 5.92 Å². The molecule has 2 heterocycles. The number of aromatic amines is 1. The molecular formula is C13H19N3O3. The zero-order valence-corrected chi connectivity index (χ0v) is 11.1. The lowest BCUT2D eigenvalue weighted by atomic mass is 9.94. The Kier molecular flexibility index (Phi) is 4.31. The number of ketones is 1. The lowest BCUT2D eigenvalue weighted by Gasteiger charge is -2.30. The number of likely N-dealkylation sites (tertiary alicyclic amines) is 1. The fraction of sp³-hybridized carbons (Fsp3) is 0.615. The van der Waals surface area contributed by atoms with E-state index in [4.69, 9.17) is 0 Å². The van der Waals surface area contributed by atoms with Crippen molar-refractivity contribution in [2.45, 2.75) is 26.2 Å². The monoisotopic (exact) mass is 265 g/mol. The number of piperidine rings is 1. The second kappa shape index (κ2) is 5.97. The molecule has 0 saturated carbocycles. The first-order valence-corrected chi connectivity index (χ1v) is 6.68. The van der Waals surface area contributed by atoms with Crippen molar-refractivity contribution in [1.29, 1.82) is 0 Å². The maximum Gasteiger partial charge on any atom is 0.287 e. The average molecular weight is 265 g/mol. The van der Waals surface area contributed by atoms with Gasteiger partial charge in [-0.1, -0.05) is 13.3 Å². The van der Waals surface area contributed by atoms with Gasteiger partial charge in [0.1, 0.15) is 0 Å². The van der Waals surface area contributed by atoms with Crippen molar-refractivity contribution in [3.05, 3.63) is 28.1 Å². The second-order valence-corrected chi connectivity index (χ2v) is 5.08. The highest BCUT2D eigenvalue weighted by molar-refractivity contribution is 5.96. The Morgan fingerprint density at radius 1 is 1.53 bits per heavy atom. The van der Waals surface area contributed by atoms with E-state index in [1.165, 1.54) is 18.7 Å². The zero-order chi connectivity index (χ0) is 13.8. The van der Waals surface area contributed by atoms with Crippen LogP contribution >= 0.6 is 0 Å². The van der Waals surface area contributed by atoms with E-state index >= 15 is 0 Å². The predicted molar refractivity (Wildman–Crippen MR) is 71.2 cm³/mol. The SMILES string of the molecule is CCC1CCN(CC(=O)c2cc([N+](=O)[O-])c[nH]2)CC1. The normalized spacial score (nSPS) is 17.5. The number of rotatable bonds is 5. The highest BCUT2D eigenvalue weighted by atomic mass is 16.6. The van der Waals surface area contributed by atoms with Gasteiger partial charge in [-0.2, -0.15) is 0 Å². The largest absolute Gasteiger partial charge is 0.353 e. The molecule has 0 atom stereocenters. The van der Waals surface area contributed by atoms with Gasteiger partial charge in [0, 0.05) is 6.07 Å². The standard InChI is InChI=1S/C13H19N3O3/c1-2-10-3-5-15(6-4-10)9-13(17)12-7-11(8-14-12)16(18)19/h7-8,10,14H,2-6,9H2,1H3. The van der Waals surface area contributed by atoms with Crippen LogP contribution in [0.5, 0.6) is 0 Å². The molecule has 19 heavy (non-hydrogen) atoms. The van der Waals surface area contributed by atoms with Crippen LogP contribution in [0.1, 0.15) is 36.7 Å². The Hall–Kier alpha value is -1.69. The number of nitrogens with one attached hydrogen (secondary N) is 1. The lowest BCUT2D eigenvalue weighted by molar-refractivity contribution is -0.384. The minimum atomic E-state index is -0.500. The topological polar surface area (TPSA) is 79.2 Å². The van der Waals surface area contributed by atoms with Gasteiger partial charge in [-0.3, -0.25) is 19.8 Å². The highest BCUT2D eigenvalue weighted by Gasteiger charge is 2.21. The molecule has 0 amide bonds. The van der Waals surface area contributed by atoms with E-state index in [2.05, 4.69) is 16.8 Å². The molecule has 1 N–H and O–H groups in total. The number of aromatic nitrogens is 1. The summed E-state index contributed by atoms with van der Waals surface area (Å²) in [6, 6.07) is 1.31. The maximum atomic E-state index is 12.0. The molecular weight excluding hydrogens is 246 g/mol. The Bertz CT molecular complexity index is 461. The molecule has 0 spiro atoms. The quantitative estimate of drug-likeness (QED) is 0.503. The third-order valence-corrected chi connectivity index (χ3v) is 3.83. The van der Waals surface area contributed by atoms with Gasteiger partial charge in [0.25, 0.3) is 5.69 Å². The molecule has 0 unspecified atom stereocenters. The molecule has 0 aromatic carbocycles. The van der Waals surface area contributed by atoms with Gasteiger partial charge in [0.15, 0.2) is 5.78 Å². The van der Waals surface area contributed by atoms with Crippen molar-refractivity contribution in [3.63, 3.8) is 0 Å². The summed E-state index contributed by atoms with van der Waals surface area (Å²) in [6.07, 6.45) is 4.73. The van der Waals surface area contributed by atoms with Crippen LogP contribution in [0.15, 0.2) is 12.3 Å². The summed E-state index contributed by atoms with van der Waals surface area (Å²) in [7, 11) is 0. The van der Waals surface area contributed by atoms with E-state index in [-0.39, 0.29) is 11.5 Å². The van der Waals surface area contributed by atoms with E-state index in [9.17, 15) is 14.9 Å². The molecule has 104 valence electrons. The van der Waals surface area contributed by atoms with Crippen molar-refractivity contribution < 1.29 is 9.72 Å². The first kappa shape index (κ1) is 13.7. The Labute approximate surface area is 111 Å². The smallest absolute Gasteiger partial charge is 0.287 e. The van der Waals surface area contributed by atoms with Crippen LogP contribution in [-0.4, -0.2) is 40.2 Å². The summed E-state index contributed by atoms with van der Waals surface area (Å²) < 4.78 is 0. The summed E-state index contributed by atoms with van der Waals surface area (Å²) in [5, 5.41) is 10.6. The highest BCUT2D eigenvalue weighted by Crippen LogP contribution is 2.20. The molecule has 1 aromatic rings. The van der Waals surface area contributed by atoms with Crippen LogP contribution < -0.4 is 0 Å². The maximum absolute atomic E-state index is 12.0. The van der Waals surface area contributed by atoms with Crippen molar-refractivity contribution in [3.8, 4) is 0 Å². The Morgan fingerprint density at radius 2 is 2.21 bits per heavy atom. The van der Waals surface area contributed by atoms with Crippen LogP contribution in [0.25, 0.3) is 0 Å². The summed E-state index contributed by atoms with van der Waals surface area (Å²) in [4.78, 5) is 26.9. The average Bonchev–Trinajstić information content (AvgIpc) is 2.89. The molecule has 1 aromatic heterocycles. The molecule has 1 saturated heterocycles. The molecule has 6 nitrogen and oxygen atoms in total. The second-order valence-electron chi connectivity index (χ2n) is 5.08. The van der Waals surface area contributed by atoms with E-state index in [1.54, 1.807) is 0 Å². The van der Waals surface area contributed by atoms with Gasteiger partial charge in [0.2, 0.25) is 0 Å². The van der Waals surface area contributed by atoms with Crippen molar-refractivity contribution >= 4 is 11.5 Å². The molecule has 1 aliphatic rings. The number of carbonyl (C=O) groups excluding carboxylic acids is 1. The van der Waals surface area contributed by atoms with E-state index < -0.39 is 4.92 Å². The molecule has 1 fully saturated rings. The van der Waals surface area contributed by atoms with Crippen LogP contribution in [0.2, 0.25) is 0 Å². The number of Topliss-reactive ketones (excluding diaryl/α,β-unsaturated/α-hetero) is 1. The zero-order valence-electron chi connectivity index (χ0n) is 11.1. The molecule has 0 aliphatic carbocycles. The van der Waals surface area contributed by atoms with Gasteiger partial charge in [-0.25, -0.2) is 0 Å². The van der Waals surface area contributed by atoms with Crippen molar-refractivity contribution in [1.82, 2.24) is 9.88 Å². The van der Waals surface area contributed by atoms with Crippen molar-refractivity contribution in [2.75, 3.05) is 19.6 Å². The van der Waals surface area contributed by atoms with Gasteiger partial charge < -0.3 is 4.98 Å². The number of hydrogen-bond acceptors (Lipinski definition) is 4. The van der Waals surface area contributed by atoms with Crippen LogP contribution in [0.3, 0.4) is 0 Å². The minimum absolute atomic E-state index is 0.0620. The van der Waals surface area contributed by atoms with Crippen LogP contribution in [-0.2, 0) is 0 Å². The number of nitro groups is 1. The van der Waals surface area contributed by atoms with E-state index in [0.29, 0.717) is 12.2 Å². The number of hydrogen-bond donors (Lipinski definition) is 1. The van der Waals surface area contributed by atoms with Crippen LogP contribution in [0.4, 0.5) is 5.69 Å². The Morgan fingerprint density at radius 3 is 2.74 bits per heavy atom. The fourth-order valence-electron chi connectivity index (χ4n) is 2.49. The number of carbonyl (C=O) groups is 1. The lowest BCUT2D eigenvalue weighted by Crippen LogP contribution is -2.37. The first-order valence-electron chi connectivity index (χ1n) is 6.68. The first-order chi connectivity index (χ1) is 9.10. The van der Waals surface area contributed by atoms with E-state index in [0.717, 1.165) is 31.8 Å². The predicted octanol–water partition coefficient (Wildman–Crippen LogP) is 2.23. The minimum Gasteiger partial charge on any atom is -0.353 e. The summed E-state index contributed by atoms with van der Waals surface area (Å²) in [5.74, 6) is 0.695. The molecule has 0 radical (unpaired) electrons. The third-order valence-electron chi connectivity index (χ3n) is 3.83. The summed E-state index contributed by atoms with van der Waals surface area (Å²) in [5.41, 5.74) is 0.261. The molecule has 0 bridgehead atoms. The molecule has 1 aliphatic heterocycles. The van der Waals surface area contributed by atoms with Gasteiger partial charge >= 0.3 is 0 Å². The summed E-state index contributed by atoms with van der Waals surface area (Å²) >= 11 is 0. The fourth-order valence-corrected chi connectivity index (χ4v) is 2.49. The van der Waals surface area contributed by atoms with Gasteiger partial charge in [-0.05, 0) is 31.8 Å². The van der Waals surface area contributed by atoms with Gasteiger partial charge in [-0.15, -0.1) is 0 Å². The molecule has 6 heteroatoms. The Balaban J connectivity index is 1.88. The summed E-state index contributed by atoms with van der Waals surface area (Å²) in [6.45, 7) is 4.41. The number of H-pyrrole nitrogens is 1. The van der Waals surface area contributed by atoms with Gasteiger partial charge in [0.05, 0.1) is 23.4 Å². The third kappa shape index (κ3) is 3.41. The molecule has 2 rings (SSSR count). The van der Waals surface area contributed by atoms with E-state index in [1.807, 2.05) is 0 Å². The number of nitrogens with zero attached hydrogens (tertiary/aromatic N) is 2.